The normalized spacial score (nSPS) is 15.1. The molecule has 132 valence electrons. The molecule has 1 saturated heterocycles. The highest BCUT2D eigenvalue weighted by Crippen LogP contribution is 2.17. The molecule has 0 atom stereocenters. The number of hydrogen-bond donors (Lipinski definition) is 1. The Balaban J connectivity index is 1.55. The zero-order chi connectivity index (χ0) is 17.8. The standard InChI is InChI=1S/C17H23N7O/c1-12-10-15(19-11-18-12)20-13-6-8-24(9-7-13)17(25)14-4-5-16(22-21-14)23(2)3/h4-5,10-11,13H,6-9H2,1-3H3,(H,18,19,20). The Morgan fingerprint density at radius 1 is 1.20 bits per heavy atom. The Labute approximate surface area is 147 Å². The maximum absolute atomic E-state index is 12.6. The van der Waals surface area contributed by atoms with Gasteiger partial charge in [0.1, 0.15) is 12.1 Å². The number of amides is 1. The van der Waals surface area contributed by atoms with Gasteiger partial charge in [-0.1, -0.05) is 0 Å². The smallest absolute Gasteiger partial charge is 0.274 e. The van der Waals surface area contributed by atoms with Gasteiger partial charge in [-0.15, -0.1) is 10.2 Å². The highest BCUT2D eigenvalue weighted by molar-refractivity contribution is 5.92. The molecule has 0 unspecified atom stereocenters. The van der Waals surface area contributed by atoms with E-state index in [0.717, 1.165) is 30.2 Å². The molecule has 0 aromatic carbocycles. The van der Waals surface area contributed by atoms with Crippen molar-refractivity contribution in [3.05, 3.63) is 35.9 Å². The number of piperidine rings is 1. The summed E-state index contributed by atoms with van der Waals surface area (Å²) in [6, 6.07) is 5.78. The van der Waals surface area contributed by atoms with Gasteiger partial charge in [0.05, 0.1) is 0 Å². The first kappa shape index (κ1) is 17.1. The van der Waals surface area contributed by atoms with E-state index in [4.69, 9.17) is 0 Å². The van der Waals surface area contributed by atoms with Crippen LogP contribution >= 0.6 is 0 Å². The number of hydrogen-bond acceptors (Lipinski definition) is 7. The highest BCUT2D eigenvalue weighted by atomic mass is 16.2. The second-order valence-electron chi connectivity index (χ2n) is 6.43. The molecule has 2 aromatic heterocycles. The predicted octanol–water partition coefficient (Wildman–Crippen LogP) is 1.36. The van der Waals surface area contributed by atoms with E-state index in [9.17, 15) is 4.79 Å². The third kappa shape index (κ3) is 4.20. The fourth-order valence-electron chi connectivity index (χ4n) is 2.81. The van der Waals surface area contributed by atoms with Crippen LogP contribution in [0.4, 0.5) is 11.6 Å². The topological polar surface area (TPSA) is 87.1 Å². The molecule has 1 fully saturated rings. The van der Waals surface area contributed by atoms with E-state index >= 15 is 0 Å². The van der Waals surface area contributed by atoms with Gasteiger partial charge >= 0.3 is 0 Å². The molecule has 0 spiro atoms. The lowest BCUT2D eigenvalue weighted by atomic mass is 10.0. The van der Waals surface area contributed by atoms with Crippen molar-refractivity contribution in [2.24, 2.45) is 0 Å². The lowest BCUT2D eigenvalue weighted by molar-refractivity contribution is 0.0711. The maximum atomic E-state index is 12.6. The monoisotopic (exact) mass is 341 g/mol. The van der Waals surface area contributed by atoms with Crippen LogP contribution in [0.2, 0.25) is 0 Å². The molecule has 1 aliphatic rings. The highest BCUT2D eigenvalue weighted by Gasteiger charge is 2.24. The lowest BCUT2D eigenvalue weighted by Crippen LogP contribution is -2.42. The molecular formula is C17H23N7O. The molecule has 3 heterocycles. The van der Waals surface area contributed by atoms with Crippen molar-refractivity contribution < 1.29 is 4.79 Å². The van der Waals surface area contributed by atoms with E-state index in [2.05, 4.69) is 25.5 Å². The van der Waals surface area contributed by atoms with Crippen molar-refractivity contribution >= 4 is 17.5 Å². The van der Waals surface area contributed by atoms with Crippen LogP contribution in [-0.2, 0) is 0 Å². The summed E-state index contributed by atoms with van der Waals surface area (Å²) in [5.74, 6) is 1.51. The van der Waals surface area contributed by atoms with Crippen molar-refractivity contribution in [2.75, 3.05) is 37.4 Å². The van der Waals surface area contributed by atoms with Gasteiger partial charge in [0.25, 0.3) is 5.91 Å². The number of carbonyl (C=O) groups is 1. The Morgan fingerprint density at radius 2 is 1.96 bits per heavy atom. The van der Waals surface area contributed by atoms with Crippen LogP contribution in [0.15, 0.2) is 24.5 Å². The van der Waals surface area contributed by atoms with Crippen LogP contribution in [-0.4, -0.2) is 64.2 Å². The Bertz CT molecular complexity index is 724. The minimum atomic E-state index is -0.0610. The van der Waals surface area contributed by atoms with E-state index in [-0.39, 0.29) is 5.91 Å². The fraction of sp³-hybridized carbons (Fsp3) is 0.471. The number of aromatic nitrogens is 4. The Morgan fingerprint density at radius 3 is 2.56 bits per heavy atom. The minimum absolute atomic E-state index is 0.0610. The summed E-state index contributed by atoms with van der Waals surface area (Å²) in [6.45, 7) is 3.33. The Kier molecular flexibility index (Phi) is 5.06. The SMILES string of the molecule is Cc1cc(NC2CCN(C(=O)c3ccc(N(C)C)nn3)CC2)ncn1. The molecule has 0 radical (unpaired) electrons. The average molecular weight is 341 g/mol. The van der Waals surface area contributed by atoms with Gasteiger partial charge in [-0.05, 0) is 31.9 Å². The average Bonchev–Trinajstić information content (AvgIpc) is 2.62. The lowest BCUT2D eigenvalue weighted by Gasteiger charge is -2.32. The van der Waals surface area contributed by atoms with E-state index in [1.165, 1.54) is 0 Å². The molecule has 1 N–H and O–H groups in total. The molecule has 0 aliphatic carbocycles. The van der Waals surface area contributed by atoms with Crippen LogP contribution in [0.5, 0.6) is 0 Å². The van der Waals surface area contributed by atoms with Gasteiger partial charge in [-0.2, -0.15) is 0 Å². The van der Waals surface area contributed by atoms with E-state index in [0.29, 0.717) is 24.8 Å². The summed E-state index contributed by atoms with van der Waals surface area (Å²) in [5, 5.41) is 11.5. The number of nitrogens with one attached hydrogen (secondary N) is 1. The third-order valence-electron chi connectivity index (χ3n) is 4.27. The van der Waals surface area contributed by atoms with Crippen LogP contribution in [0.25, 0.3) is 0 Å². The molecule has 25 heavy (non-hydrogen) atoms. The summed E-state index contributed by atoms with van der Waals surface area (Å²) in [7, 11) is 3.78. The minimum Gasteiger partial charge on any atom is -0.367 e. The van der Waals surface area contributed by atoms with Gasteiger partial charge in [-0.3, -0.25) is 4.79 Å². The molecule has 8 nitrogen and oxygen atoms in total. The second-order valence-corrected chi connectivity index (χ2v) is 6.43. The fourth-order valence-corrected chi connectivity index (χ4v) is 2.81. The first-order valence-corrected chi connectivity index (χ1v) is 8.38. The maximum Gasteiger partial charge on any atom is 0.274 e. The number of likely N-dealkylation sites (tertiary alicyclic amines) is 1. The van der Waals surface area contributed by atoms with Gasteiger partial charge in [0.2, 0.25) is 0 Å². The van der Waals surface area contributed by atoms with Crippen LogP contribution in [0.3, 0.4) is 0 Å². The van der Waals surface area contributed by atoms with Crippen molar-refractivity contribution in [3.63, 3.8) is 0 Å². The molecule has 0 bridgehead atoms. The van der Waals surface area contributed by atoms with Crippen molar-refractivity contribution in [1.29, 1.82) is 0 Å². The zero-order valence-corrected chi connectivity index (χ0v) is 14.8. The second kappa shape index (κ2) is 7.42. The molecule has 3 rings (SSSR count). The van der Waals surface area contributed by atoms with Gasteiger partial charge in [0.15, 0.2) is 11.5 Å². The first-order chi connectivity index (χ1) is 12.0. The largest absolute Gasteiger partial charge is 0.367 e. The number of aryl methyl sites for hydroxylation is 1. The molecule has 1 aliphatic heterocycles. The summed E-state index contributed by atoms with van der Waals surface area (Å²) in [6.07, 6.45) is 3.31. The van der Waals surface area contributed by atoms with E-state index in [1.807, 2.05) is 43.0 Å². The van der Waals surface area contributed by atoms with Crippen molar-refractivity contribution in [2.45, 2.75) is 25.8 Å². The van der Waals surface area contributed by atoms with Gasteiger partial charge in [-0.25, -0.2) is 9.97 Å². The summed E-state index contributed by atoms with van der Waals surface area (Å²) in [5.41, 5.74) is 1.33. The summed E-state index contributed by atoms with van der Waals surface area (Å²) < 4.78 is 0. The molecule has 0 saturated carbocycles. The Hall–Kier alpha value is -2.77. The van der Waals surface area contributed by atoms with Crippen LogP contribution in [0.1, 0.15) is 29.0 Å². The molecule has 8 heteroatoms. The molecule has 1 amide bonds. The quantitative estimate of drug-likeness (QED) is 0.898. The number of rotatable bonds is 4. The third-order valence-corrected chi connectivity index (χ3v) is 4.27. The number of nitrogens with zero attached hydrogens (tertiary/aromatic N) is 6. The van der Waals surface area contributed by atoms with E-state index < -0.39 is 0 Å². The molecular weight excluding hydrogens is 318 g/mol. The van der Waals surface area contributed by atoms with Crippen molar-refractivity contribution in [1.82, 2.24) is 25.1 Å². The first-order valence-electron chi connectivity index (χ1n) is 8.38. The van der Waals surface area contributed by atoms with Gasteiger partial charge in [0, 0.05) is 45.0 Å². The van der Waals surface area contributed by atoms with Crippen molar-refractivity contribution in [3.8, 4) is 0 Å². The van der Waals surface area contributed by atoms with E-state index in [1.54, 1.807) is 12.4 Å². The van der Waals surface area contributed by atoms with Gasteiger partial charge < -0.3 is 15.1 Å². The number of carbonyl (C=O) groups excluding carboxylic acids is 1. The predicted molar refractivity (Wildman–Crippen MR) is 95.7 cm³/mol. The summed E-state index contributed by atoms with van der Waals surface area (Å²) >= 11 is 0. The molecule has 2 aromatic rings. The van der Waals surface area contributed by atoms with Crippen LogP contribution in [0, 0.1) is 6.92 Å². The van der Waals surface area contributed by atoms with Crippen LogP contribution < -0.4 is 10.2 Å². The zero-order valence-electron chi connectivity index (χ0n) is 14.8. The number of anilines is 2. The summed E-state index contributed by atoms with van der Waals surface area (Å²) in [4.78, 5) is 24.6.